The smallest absolute Gasteiger partial charge is 0.0835 e. The molecule has 0 aliphatic heterocycles. The van der Waals surface area contributed by atoms with E-state index in [1.54, 1.807) is 0 Å². The lowest BCUT2D eigenvalue weighted by atomic mass is 9.79. The number of aliphatic hydroxyl groups is 1. The fourth-order valence-electron chi connectivity index (χ4n) is 2.56. The third-order valence-corrected chi connectivity index (χ3v) is 3.63. The van der Waals surface area contributed by atoms with Gasteiger partial charge in [-0.2, -0.15) is 5.26 Å². The van der Waals surface area contributed by atoms with Crippen molar-refractivity contribution < 1.29 is 5.11 Å². The molecule has 16 heavy (non-hydrogen) atoms. The zero-order valence-electron chi connectivity index (χ0n) is 9.39. The Balaban J connectivity index is 2.08. The second-order valence-corrected chi connectivity index (χ2v) is 4.68. The Kier molecular flexibility index (Phi) is 3.26. The zero-order valence-corrected chi connectivity index (χ0v) is 9.39. The van der Waals surface area contributed by atoms with Crippen molar-refractivity contribution in [2.75, 3.05) is 0 Å². The van der Waals surface area contributed by atoms with Crippen molar-refractivity contribution in [2.45, 2.75) is 38.2 Å². The van der Waals surface area contributed by atoms with E-state index in [0.717, 1.165) is 31.2 Å². The van der Waals surface area contributed by atoms with Crippen molar-refractivity contribution in [3.8, 4) is 6.07 Å². The molecular formula is C14H17NO. The Morgan fingerprint density at radius 2 is 1.88 bits per heavy atom. The second kappa shape index (κ2) is 4.67. The van der Waals surface area contributed by atoms with Crippen LogP contribution in [0.25, 0.3) is 0 Å². The van der Waals surface area contributed by atoms with E-state index in [2.05, 4.69) is 6.07 Å². The number of aliphatic hydroxyl groups excluding tert-OH is 1. The van der Waals surface area contributed by atoms with E-state index in [4.69, 9.17) is 0 Å². The molecule has 2 heteroatoms. The Morgan fingerprint density at radius 1 is 1.25 bits per heavy atom. The van der Waals surface area contributed by atoms with Gasteiger partial charge >= 0.3 is 0 Å². The molecule has 1 aliphatic carbocycles. The van der Waals surface area contributed by atoms with E-state index in [1.165, 1.54) is 0 Å². The van der Waals surface area contributed by atoms with E-state index in [9.17, 15) is 10.4 Å². The maximum atomic E-state index is 10.2. The van der Waals surface area contributed by atoms with Crippen molar-refractivity contribution in [3.63, 3.8) is 0 Å². The highest BCUT2D eigenvalue weighted by Gasteiger charge is 2.40. The number of rotatable bonds is 3. The summed E-state index contributed by atoms with van der Waals surface area (Å²) in [6.45, 7) is 0. The van der Waals surface area contributed by atoms with Crippen molar-refractivity contribution in [2.24, 2.45) is 5.41 Å². The van der Waals surface area contributed by atoms with Crippen molar-refractivity contribution in [1.82, 2.24) is 0 Å². The number of nitriles is 1. The van der Waals surface area contributed by atoms with Crippen LogP contribution in [0.3, 0.4) is 0 Å². The predicted molar refractivity (Wildman–Crippen MR) is 62.7 cm³/mol. The molecule has 0 heterocycles. The molecule has 0 radical (unpaired) electrons. The lowest BCUT2D eigenvalue weighted by Crippen LogP contribution is -2.32. The van der Waals surface area contributed by atoms with E-state index >= 15 is 0 Å². The fraction of sp³-hybridized carbons (Fsp3) is 0.500. The van der Waals surface area contributed by atoms with Gasteiger partial charge in [0.05, 0.1) is 17.6 Å². The van der Waals surface area contributed by atoms with Crippen LogP contribution in [0.2, 0.25) is 0 Å². The van der Waals surface area contributed by atoms with Gasteiger partial charge in [0.1, 0.15) is 0 Å². The summed E-state index contributed by atoms with van der Waals surface area (Å²) in [4.78, 5) is 0. The molecule has 1 N–H and O–H groups in total. The molecular weight excluding hydrogens is 198 g/mol. The lowest BCUT2D eigenvalue weighted by Gasteiger charge is -2.26. The second-order valence-electron chi connectivity index (χ2n) is 4.68. The third kappa shape index (κ3) is 2.10. The number of hydrogen-bond acceptors (Lipinski definition) is 2. The lowest BCUT2D eigenvalue weighted by molar-refractivity contribution is 0.0679. The molecule has 0 amide bonds. The maximum Gasteiger partial charge on any atom is 0.0835 e. The zero-order chi connectivity index (χ0) is 11.4. The number of benzene rings is 1. The predicted octanol–water partition coefficient (Wildman–Crippen LogP) is 2.67. The molecule has 1 aromatic carbocycles. The molecule has 1 aliphatic rings. The molecule has 0 spiro atoms. The van der Waals surface area contributed by atoms with Gasteiger partial charge < -0.3 is 5.11 Å². The van der Waals surface area contributed by atoms with Gasteiger partial charge in [0.15, 0.2) is 0 Å². The van der Waals surface area contributed by atoms with Gasteiger partial charge in [-0.05, 0) is 24.8 Å². The Labute approximate surface area is 96.5 Å². The normalized spacial score (nSPS) is 20.2. The fourth-order valence-corrected chi connectivity index (χ4v) is 2.56. The number of hydrogen-bond donors (Lipinski definition) is 1. The van der Waals surface area contributed by atoms with E-state index < -0.39 is 11.5 Å². The van der Waals surface area contributed by atoms with Crippen molar-refractivity contribution in [3.05, 3.63) is 35.9 Å². The van der Waals surface area contributed by atoms with Crippen LogP contribution in [0.4, 0.5) is 0 Å². The van der Waals surface area contributed by atoms with Crippen molar-refractivity contribution in [1.29, 1.82) is 5.26 Å². The van der Waals surface area contributed by atoms with Crippen LogP contribution in [0.5, 0.6) is 0 Å². The highest BCUT2D eigenvalue weighted by Crippen LogP contribution is 2.41. The molecule has 1 saturated carbocycles. The number of nitrogens with zero attached hydrogens (tertiary/aromatic N) is 1. The van der Waals surface area contributed by atoms with Crippen LogP contribution in [0.1, 0.15) is 31.2 Å². The summed E-state index contributed by atoms with van der Waals surface area (Å²) in [7, 11) is 0. The molecule has 1 fully saturated rings. The standard InChI is InChI=1S/C14H17NO/c15-11-14(8-4-5-9-14)13(16)10-12-6-2-1-3-7-12/h1-3,6-7,13,16H,4-5,8-10H2. The van der Waals surface area contributed by atoms with Crippen LogP contribution in [0, 0.1) is 16.7 Å². The van der Waals surface area contributed by atoms with Crippen molar-refractivity contribution >= 4 is 0 Å². The average molecular weight is 215 g/mol. The summed E-state index contributed by atoms with van der Waals surface area (Å²) in [6, 6.07) is 12.3. The molecule has 1 aromatic rings. The summed E-state index contributed by atoms with van der Waals surface area (Å²) < 4.78 is 0. The van der Waals surface area contributed by atoms with Gasteiger partial charge in [-0.25, -0.2) is 0 Å². The van der Waals surface area contributed by atoms with E-state index in [0.29, 0.717) is 6.42 Å². The van der Waals surface area contributed by atoms with Gasteiger partial charge in [-0.1, -0.05) is 43.2 Å². The van der Waals surface area contributed by atoms with Crippen LogP contribution in [-0.4, -0.2) is 11.2 Å². The highest BCUT2D eigenvalue weighted by atomic mass is 16.3. The van der Waals surface area contributed by atoms with Gasteiger partial charge in [-0.3, -0.25) is 0 Å². The Morgan fingerprint density at radius 3 is 2.44 bits per heavy atom. The first-order valence-corrected chi connectivity index (χ1v) is 5.90. The maximum absolute atomic E-state index is 10.2. The first kappa shape index (κ1) is 11.2. The Hall–Kier alpha value is -1.33. The molecule has 0 aromatic heterocycles. The highest BCUT2D eigenvalue weighted by molar-refractivity contribution is 5.18. The topological polar surface area (TPSA) is 44.0 Å². The van der Waals surface area contributed by atoms with Gasteiger partial charge in [-0.15, -0.1) is 0 Å². The minimum atomic E-state index is -0.526. The summed E-state index contributed by atoms with van der Waals surface area (Å²) in [5, 5.41) is 19.5. The molecule has 2 nitrogen and oxygen atoms in total. The summed E-state index contributed by atoms with van der Waals surface area (Å²) in [6.07, 6.45) is 3.89. The first-order chi connectivity index (χ1) is 7.77. The van der Waals surface area contributed by atoms with Crippen LogP contribution >= 0.6 is 0 Å². The summed E-state index contributed by atoms with van der Waals surface area (Å²) in [5.74, 6) is 0. The molecule has 1 atom stereocenters. The van der Waals surface area contributed by atoms with Crippen LogP contribution in [0.15, 0.2) is 30.3 Å². The molecule has 0 saturated heterocycles. The van der Waals surface area contributed by atoms with Crippen LogP contribution in [-0.2, 0) is 6.42 Å². The molecule has 84 valence electrons. The molecule has 2 rings (SSSR count). The third-order valence-electron chi connectivity index (χ3n) is 3.63. The monoisotopic (exact) mass is 215 g/mol. The Bertz CT molecular complexity index is 373. The van der Waals surface area contributed by atoms with Crippen LogP contribution < -0.4 is 0 Å². The average Bonchev–Trinajstić information content (AvgIpc) is 2.80. The van der Waals surface area contributed by atoms with Gasteiger partial charge in [0.25, 0.3) is 0 Å². The summed E-state index contributed by atoms with van der Waals surface area (Å²) in [5.41, 5.74) is 0.618. The van der Waals surface area contributed by atoms with Gasteiger partial charge in [0, 0.05) is 0 Å². The largest absolute Gasteiger partial charge is 0.391 e. The minimum absolute atomic E-state index is 0.490. The van der Waals surface area contributed by atoms with Gasteiger partial charge in [0.2, 0.25) is 0 Å². The molecule has 0 bridgehead atoms. The minimum Gasteiger partial charge on any atom is -0.391 e. The quantitative estimate of drug-likeness (QED) is 0.842. The SMILES string of the molecule is N#CC1(C(O)Cc2ccccc2)CCCC1. The first-order valence-electron chi connectivity index (χ1n) is 5.90. The summed E-state index contributed by atoms with van der Waals surface area (Å²) >= 11 is 0. The van der Waals surface area contributed by atoms with E-state index in [1.807, 2.05) is 30.3 Å². The molecule has 1 unspecified atom stereocenters. The van der Waals surface area contributed by atoms with E-state index in [-0.39, 0.29) is 0 Å².